The third kappa shape index (κ3) is 4.54. The fraction of sp³-hybridized carbons (Fsp3) is 0.261. The van der Waals surface area contributed by atoms with Crippen LogP contribution in [0, 0.1) is 13.8 Å². The van der Waals surface area contributed by atoms with Crippen LogP contribution < -0.4 is 5.32 Å². The lowest BCUT2D eigenvalue weighted by Gasteiger charge is -2.07. The number of aromatic amines is 1. The lowest BCUT2D eigenvalue weighted by Crippen LogP contribution is -2.31. The number of aryl methyl sites for hydroxylation is 1. The van der Waals surface area contributed by atoms with E-state index in [0.29, 0.717) is 13.0 Å². The molecule has 0 unspecified atom stereocenters. The Balaban J connectivity index is 0.00000240. The number of hydrogen-bond acceptors (Lipinski definition) is 3. The zero-order chi connectivity index (χ0) is 20.8. The fourth-order valence-corrected chi connectivity index (χ4v) is 3.45. The van der Waals surface area contributed by atoms with Crippen LogP contribution in [0.3, 0.4) is 0 Å². The van der Waals surface area contributed by atoms with Crippen LogP contribution in [0.25, 0.3) is 11.0 Å². The summed E-state index contributed by atoms with van der Waals surface area (Å²) in [5.41, 5.74) is 5.90. The second kappa shape index (κ2) is 9.19. The molecule has 6 heteroatoms. The molecule has 0 radical (unpaired) electrons. The van der Waals surface area contributed by atoms with E-state index in [0.717, 1.165) is 45.5 Å². The molecule has 29 heavy (non-hydrogen) atoms. The van der Waals surface area contributed by atoms with Gasteiger partial charge in [-0.3, -0.25) is 0 Å². The zero-order valence-electron chi connectivity index (χ0n) is 17.2. The van der Waals surface area contributed by atoms with Crippen molar-refractivity contribution in [2.24, 2.45) is 0 Å². The Labute approximate surface area is 174 Å². The van der Waals surface area contributed by atoms with Gasteiger partial charge >= 0.3 is 6.03 Å². The lowest BCUT2D eigenvalue weighted by molar-refractivity contribution is 0.239. The first-order chi connectivity index (χ1) is 14.0. The molecule has 0 atom stereocenters. The number of carbonyl (C=O) groups is 1. The van der Waals surface area contributed by atoms with E-state index in [-0.39, 0.29) is 8.88 Å². The Kier molecular flexibility index (Phi) is 6.44. The van der Waals surface area contributed by atoms with Gasteiger partial charge in [0.2, 0.25) is 0 Å². The first kappa shape index (κ1) is 20.3. The summed E-state index contributed by atoms with van der Waals surface area (Å²) in [4.78, 5) is 20.2. The molecule has 0 aliphatic rings. The van der Waals surface area contributed by atoms with Crippen molar-refractivity contribution in [1.82, 2.24) is 25.1 Å². The minimum atomic E-state index is -0.212. The summed E-state index contributed by atoms with van der Waals surface area (Å²) in [5.74, 6) is 0. The van der Waals surface area contributed by atoms with Crippen LogP contribution in [0.4, 0.5) is 4.79 Å². The number of aromatic nitrogens is 4. The van der Waals surface area contributed by atoms with Crippen LogP contribution in [0.15, 0.2) is 61.0 Å². The summed E-state index contributed by atoms with van der Waals surface area (Å²) in [6.45, 7) is 10.1. The van der Waals surface area contributed by atoms with Crippen LogP contribution >= 0.6 is 0 Å². The van der Waals surface area contributed by atoms with Gasteiger partial charge in [0, 0.05) is 44.9 Å². The van der Waals surface area contributed by atoms with E-state index in [9.17, 15) is 4.79 Å². The lowest BCUT2D eigenvalue weighted by atomic mass is 10.0. The van der Waals surface area contributed by atoms with Gasteiger partial charge in [0.05, 0.1) is 5.69 Å². The van der Waals surface area contributed by atoms with Crippen molar-refractivity contribution >= 4 is 17.1 Å². The number of pyridine rings is 1. The summed E-state index contributed by atoms with van der Waals surface area (Å²) in [6, 6.07) is 3.77. The van der Waals surface area contributed by atoms with Gasteiger partial charge in [-0.15, -0.1) is 0 Å². The number of amides is 1. The molecule has 3 rings (SSSR count). The van der Waals surface area contributed by atoms with E-state index < -0.39 is 0 Å². The third-order valence-electron chi connectivity index (χ3n) is 4.94. The molecule has 1 amide bonds. The van der Waals surface area contributed by atoms with E-state index >= 15 is 0 Å². The second-order valence-corrected chi connectivity index (χ2v) is 6.91. The molecule has 0 bridgehead atoms. The van der Waals surface area contributed by atoms with E-state index in [1.807, 2.05) is 51.3 Å². The third-order valence-corrected chi connectivity index (χ3v) is 4.94. The van der Waals surface area contributed by atoms with Gasteiger partial charge in [-0.05, 0) is 50.5 Å². The fourth-order valence-electron chi connectivity index (χ4n) is 3.45. The highest BCUT2D eigenvalue weighted by atomic mass is 16.2. The topological polar surface area (TPSA) is 75.6 Å². The minimum absolute atomic E-state index is 0. The summed E-state index contributed by atoms with van der Waals surface area (Å²) in [5, 5.41) is 8.52. The quantitative estimate of drug-likeness (QED) is 0.549. The normalized spacial score (nSPS) is 12.0. The molecule has 0 aliphatic carbocycles. The number of fused-ring (bicyclic) bond motifs is 1. The number of hydrogen-bond donors (Lipinski definition) is 2. The zero-order valence-corrected chi connectivity index (χ0v) is 17.2. The average Bonchev–Trinajstić information content (AvgIpc) is 3.24. The van der Waals surface area contributed by atoms with Crippen LogP contribution in [0.5, 0.6) is 0 Å². The number of nitrogens with one attached hydrogen (secondary N) is 2. The first-order valence-electron chi connectivity index (χ1n) is 9.73. The molecule has 154 valence electrons. The predicted octanol–water partition coefficient (Wildman–Crippen LogP) is 5.10. The molecule has 0 saturated heterocycles. The maximum Gasteiger partial charge on any atom is 0.342 e. The van der Waals surface area contributed by atoms with Crippen molar-refractivity contribution < 1.29 is 7.65 Å². The Hall–Kier alpha value is -3.41. The molecule has 0 saturated carbocycles. The van der Waals surface area contributed by atoms with Gasteiger partial charge in [-0.2, -0.15) is 9.78 Å². The molecule has 6 nitrogen and oxygen atoms in total. The van der Waals surface area contributed by atoms with Crippen LogP contribution in [0.2, 0.25) is 0 Å². The Morgan fingerprint density at radius 1 is 1.41 bits per heavy atom. The second-order valence-electron chi connectivity index (χ2n) is 6.91. The maximum absolute atomic E-state index is 12.7. The Morgan fingerprint density at radius 3 is 3.00 bits per heavy atom. The monoisotopic (exact) mass is 393 g/mol. The highest BCUT2D eigenvalue weighted by Gasteiger charge is 2.18. The van der Waals surface area contributed by atoms with Crippen LogP contribution in [0.1, 0.15) is 38.7 Å². The van der Waals surface area contributed by atoms with Crippen molar-refractivity contribution in [1.29, 1.82) is 0 Å². The summed E-state index contributed by atoms with van der Waals surface area (Å²) >= 11 is 0. The molecule has 2 N–H and O–H groups in total. The van der Waals surface area contributed by atoms with Crippen molar-refractivity contribution in [2.45, 2.75) is 33.6 Å². The van der Waals surface area contributed by atoms with Gasteiger partial charge in [0.15, 0.2) is 0 Å². The average molecular weight is 394 g/mol. The van der Waals surface area contributed by atoms with Gasteiger partial charge in [0.25, 0.3) is 0 Å². The minimum Gasteiger partial charge on any atom is -0.346 e. The van der Waals surface area contributed by atoms with Crippen molar-refractivity contribution in [3.63, 3.8) is 0 Å². The Bertz CT molecular complexity index is 1090. The maximum atomic E-state index is 12.7. The van der Waals surface area contributed by atoms with E-state index in [2.05, 4.69) is 33.0 Å². The largest absolute Gasteiger partial charge is 0.346 e. The van der Waals surface area contributed by atoms with Crippen LogP contribution in [-0.4, -0.2) is 32.3 Å². The van der Waals surface area contributed by atoms with Crippen molar-refractivity contribution in [3.05, 3.63) is 83.5 Å². The number of carbonyl (C=O) groups excluding carboxylic acids is 1. The number of allylic oxidation sites excluding steroid dienone is 4. The summed E-state index contributed by atoms with van der Waals surface area (Å²) in [6.07, 6.45) is 12.9. The predicted molar refractivity (Wildman–Crippen MR) is 121 cm³/mol. The molecule has 0 aliphatic heterocycles. The Morgan fingerprint density at radius 2 is 2.24 bits per heavy atom. The van der Waals surface area contributed by atoms with Gasteiger partial charge < -0.3 is 10.3 Å². The molecule has 0 aromatic carbocycles. The van der Waals surface area contributed by atoms with Crippen molar-refractivity contribution in [3.8, 4) is 0 Å². The first-order valence-corrected chi connectivity index (χ1v) is 9.73. The van der Waals surface area contributed by atoms with E-state index in [4.69, 9.17) is 0 Å². The number of H-pyrrole nitrogens is 1. The van der Waals surface area contributed by atoms with E-state index in [1.165, 1.54) is 4.68 Å². The van der Waals surface area contributed by atoms with Gasteiger partial charge in [-0.1, -0.05) is 30.9 Å². The summed E-state index contributed by atoms with van der Waals surface area (Å²) < 4.78 is 1.46. The number of rotatable bonds is 7. The van der Waals surface area contributed by atoms with Gasteiger partial charge in [-0.25, -0.2) is 9.78 Å². The highest BCUT2D eigenvalue weighted by Crippen LogP contribution is 2.23. The van der Waals surface area contributed by atoms with Crippen LogP contribution in [-0.2, 0) is 6.42 Å². The smallest absolute Gasteiger partial charge is 0.342 e. The molecular weight excluding hydrogens is 362 g/mol. The molecule has 3 aromatic heterocycles. The standard InChI is InChI=1S/C23H27N5O.2H2/c1-5-8-18(9-6-2)11-13-25-23(29)28-17(4)21(16(3)27-28)14-19-15-26-22-20(19)10-7-12-24-22;;/h5-10,12,15H,1,11,13-14H2,2-4H3,(H,24,26)(H,25,29);2*1H/b9-6-,18-8+;;. The molecule has 0 fully saturated rings. The van der Waals surface area contributed by atoms with Gasteiger partial charge in [0.1, 0.15) is 5.65 Å². The SMILES string of the molecule is C=C/C=C(\C=C/C)CCNC(=O)n1nc(C)c(Cc2c[nH]c3ncccc23)c1C.[HH].[HH]. The summed E-state index contributed by atoms with van der Waals surface area (Å²) in [7, 11) is 0. The van der Waals surface area contributed by atoms with Crippen molar-refractivity contribution in [2.75, 3.05) is 6.54 Å². The highest BCUT2D eigenvalue weighted by molar-refractivity contribution is 5.80. The molecule has 0 spiro atoms. The molecular formula is C23H31N5O. The molecule has 3 heterocycles. The molecule has 3 aromatic rings. The number of nitrogens with zero attached hydrogens (tertiary/aromatic N) is 3. The van der Waals surface area contributed by atoms with E-state index in [1.54, 1.807) is 12.3 Å².